The minimum atomic E-state index is -0.148. The maximum absolute atomic E-state index is 12.0. The van der Waals surface area contributed by atoms with Gasteiger partial charge in [-0.1, -0.05) is 0 Å². The Bertz CT molecular complexity index is 525. The van der Waals surface area contributed by atoms with Crippen molar-refractivity contribution < 1.29 is 4.79 Å². The van der Waals surface area contributed by atoms with Crippen molar-refractivity contribution >= 4 is 11.6 Å². The summed E-state index contributed by atoms with van der Waals surface area (Å²) in [5, 5.41) is 7.98. The highest BCUT2D eigenvalue weighted by molar-refractivity contribution is 6.11. The molecular weight excluding hydrogens is 206 g/mol. The van der Waals surface area contributed by atoms with Crippen LogP contribution in [0, 0.1) is 0 Å². The zero-order valence-electron chi connectivity index (χ0n) is 9.21. The standard InChI is InChI=1S/C10H13N5O/c1-3-15-6-7(4-13-15)9(16)8-5-12-14(2)10(8)11/h4-6H,3,11H2,1-2H3. The number of ketones is 1. The van der Waals surface area contributed by atoms with Crippen molar-refractivity contribution in [1.82, 2.24) is 19.6 Å². The van der Waals surface area contributed by atoms with Gasteiger partial charge in [-0.3, -0.25) is 14.2 Å². The molecule has 0 aliphatic heterocycles. The molecule has 84 valence electrons. The van der Waals surface area contributed by atoms with Gasteiger partial charge in [0.05, 0.1) is 23.5 Å². The monoisotopic (exact) mass is 219 g/mol. The predicted octanol–water partition coefficient (Wildman–Crippen LogP) is 0.450. The number of anilines is 1. The summed E-state index contributed by atoms with van der Waals surface area (Å²) >= 11 is 0. The Morgan fingerprint density at radius 2 is 2.19 bits per heavy atom. The van der Waals surface area contributed by atoms with Gasteiger partial charge in [0.1, 0.15) is 5.82 Å². The fourth-order valence-electron chi connectivity index (χ4n) is 1.43. The summed E-state index contributed by atoms with van der Waals surface area (Å²) in [5.41, 5.74) is 6.68. The number of nitrogens with zero attached hydrogens (tertiary/aromatic N) is 4. The highest BCUT2D eigenvalue weighted by Gasteiger charge is 2.16. The molecule has 0 radical (unpaired) electrons. The Hall–Kier alpha value is -2.11. The molecule has 2 heterocycles. The Kier molecular flexibility index (Phi) is 2.47. The molecule has 0 unspecified atom stereocenters. The van der Waals surface area contributed by atoms with Crippen LogP contribution in [0.4, 0.5) is 5.82 Å². The van der Waals surface area contributed by atoms with E-state index in [0.29, 0.717) is 16.9 Å². The highest BCUT2D eigenvalue weighted by atomic mass is 16.1. The van der Waals surface area contributed by atoms with Crippen LogP contribution in [0.15, 0.2) is 18.6 Å². The molecule has 6 nitrogen and oxygen atoms in total. The topological polar surface area (TPSA) is 78.7 Å². The second-order valence-corrected chi connectivity index (χ2v) is 3.48. The van der Waals surface area contributed by atoms with Gasteiger partial charge in [0.2, 0.25) is 5.78 Å². The maximum atomic E-state index is 12.0. The minimum absolute atomic E-state index is 0.148. The van der Waals surface area contributed by atoms with Crippen molar-refractivity contribution in [3.8, 4) is 0 Å². The van der Waals surface area contributed by atoms with Gasteiger partial charge >= 0.3 is 0 Å². The number of carbonyl (C=O) groups excluding carboxylic acids is 1. The van der Waals surface area contributed by atoms with Crippen LogP contribution in [0.5, 0.6) is 0 Å². The predicted molar refractivity (Wildman–Crippen MR) is 59.0 cm³/mol. The van der Waals surface area contributed by atoms with E-state index in [2.05, 4.69) is 10.2 Å². The van der Waals surface area contributed by atoms with Crippen LogP contribution in [0.2, 0.25) is 0 Å². The molecule has 0 aromatic carbocycles. The fourth-order valence-corrected chi connectivity index (χ4v) is 1.43. The molecule has 0 aliphatic carbocycles. The first-order valence-corrected chi connectivity index (χ1v) is 4.98. The Morgan fingerprint density at radius 1 is 1.44 bits per heavy atom. The first kappa shape index (κ1) is 10.4. The lowest BCUT2D eigenvalue weighted by molar-refractivity contribution is 0.103. The van der Waals surface area contributed by atoms with Gasteiger partial charge in [-0.15, -0.1) is 0 Å². The molecule has 2 aromatic rings. The van der Waals surface area contributed by atoms with Crippen LogP contribution in [0.25, 0.3) is 0 Å². The number of aryl methyl sites for hydroxylation is 2. The minimum Gasteiger partial charge on any atom is -0.383 e. The van der Waals surface area contributed by atoms with Gasteiger partial charge in [0, 0.05) is 19.8 Å². The smallest absolute Gasteiger partial charge is 0.201 e. The Morgan fingerprint density at radius 3 is 2.69 bits per heavy atom. The summed E-state index contributed by atoms with van der Waals surface area (Å²) in [6.45, 7) is 2.69. The molecule has 0 saturated carbocycles. The number of carbonyl (C=O) groups is 1. The SMILES string of the molecule is CCn1cc(C(=O)c2cnn(C)c2N)cn1. The van der Waals surface area contributed by atoms with E-state index in [1.807, 2.05) is 6.92 Å². The molecule has 0 aliphatic rings. The molecule has 16 heavy (non-hydrogen) atoms. The zero-order valence-corrected chi connectivity index (χ0v) is 9.21. The highest BCUT2D eigenvalue weighted by Crippen LogP contribution is 2.14. The number of nitrogen functional groups attached to an aromatic ring is 1. The summed E-state index contributed by atoms with van der Waals surface area (Å²) in [6, 6.07) is 0. The molecule has 0 saturated heterocycles. The number of aromatic nitrogens is 4. The summed E-state index contributed by atoms with van der Waals surface area (Å²) in [7, 11) is 1.70. The van der Waals surface area contributed by atoms with E-state index in [1.54, 1.807) is 17.9 Å². The number of nitrogens with two attached hydrogens (primary N) is 1. The van der Waals surface area contributed by atoms with Crippen LogP contribution in [-0.4, -0.2) is 25.3 Å². The van der Waals surface area contributed by atoms with Crippen molar-refractivity contribution in [2.75, 3.05) is 5.73 Å². The maximum Gasteiger partial charge on any atom is 0.201 e. The van der Waals surface area contributed by atoms with Crippen LogP contribution in [0.1, 0.15) is 22.8 Å². The second kappa shape index (κ2) is 3.80. The van der Waals surface area contributed by atoms with Crippen molar-refractivity contribution in [3.05, 3.63) is 29.7 Å². The summed E-state index contributed by atoms with van der Waals surface area (Å²) in [6.07, 6.45) is 4.72. The Balaban J connectivity index is 2.35. The third kappa shape index (κ3) is 1.58. The van der Waals surface area contributed by atoms with Crippen molar-refractivity contribution in [2.45, 2.75) is 13.5 Å². The van der Waals surface area contributed by atoms with Gasteiger partial charge in [0.15, 0.2) is 0 Å². The van der Waals surface area contributed by atoms with Gasteiger partial charge < -0.3 is 5.73 Å². The van der Waals surface area contributed by atoms with E-state index in [-0.39, 0.29) is 5.78 Å². The normalized spacial score (nSPS) is 10.6. The van der Waals surface area contributed by atoms with E-state index in [4.69, 9.17) is 5.73 Å². The van der Waals surface area contributed by atoms with Crippen LogP contribution >= 0.6 is 0 Å². The molecule has 0 spiro atoms. The van der Waals surface area contributed by atoms with Crippen LogP contribution in [0.3, 0.4) is 0 Å². The third-order valence-corrected chi connectivity index (χ3v) is 2.45. The van der Waals surface area contributed by atoms with E-state index in [9.17, 15) is 4.79 Å². The molecule has 2 aromatic heterocycles. The molecular formula is C10H13N5O. The van der Waals surface area contributed by atoms with Gasteiger partial charge in [0.25, 0.3) is 0 Å². The molecule has 2 N–H and O–H groups in total. The van der Waals surface area contributed by atoms with Gasteiger partial charge in [-0.25, -0.2) is 0 Å². The van der Waals surface area contributed by atoms with E-state index in [1.165, 1.54) is 17.1 Å². The van der Waals surface area contributed by atoms with E-state index < -0.39 is 0 Å². The average Bonchev–Trinajstić information content (AvgIpc) is 2.87. The van der Waals surface area contributed by atoms with E-state index in [0.717, 1.165) is 6.54 Å². The van der Waals surface area contributed by atoms with E-state index >= 15 is 0 Å². The quantitative estimate of drug-likeness (QED) is 0.760. The van der Waals surface area contributed by atoms with Crippen molar-refractivity contribution in [1.29, 1.82) is 0 Å². The van der Waals surface area contributed by atoms with Crippen LogP contribution in [-0.2, 0) is 13.6 Å². The molecule has 0 fully saturated rings. The Labute approximate surface area is 92.7 Å². The van der Waals surface area contributed by atoms with Gasteiger partial charge in [-0.2, -0.15) is 10.2 Å². The average molecular weight is 219 g/mol. The lowest BCUT2D eigenvalue weighted by atomic mass is 10.1. The number of rotatable bonds is 3. The number of hydrogen-bond acceptors (Lipinski definition) is 4. The summed E-state index contributed by atoms with van der Waals surface area (Å²) < 4.78 is 3.16. The van der Waals surface area contributed by atoms with Crippen LogP contribution < -0.4 is 5.73 Å². The summed E-state index contributed by atoms with van der Waals surface area (Å²) in [4.78, 5) is 12.0. The molecule has 0 amide bonds. The first-order chi connectivity index (χ1) is 7.63. The molecule has 6 heteroatoms. The lowest BCUT2D eigenvalue weighted by Gasteiger charge is -1.97. The molecule has 2 rings (SSSR count). The van der Waals surface area contributed by atoms with Gasteiger partial charge in [-0.05, 0) is 6.92 Å². The second-order valence-electron chi connectivity index (χ2n) is 3.48. The third-order valence-electron chi connectivity index (χ3n) is 2.45. The molecule has 0 bridgehead atoms. The van der Waals surface area contributed by atoms with Crippen molar-refractivity contribution in [2.24, 2.45) is 7.05 Å². The zero-order chi connectivity index (χ0) is 11.7. The number of hydrogen-bond donors (Lipinski definition) is 1. The first-order valence-electron chi connectivity index (χ1n) is 4.98. The molecule has 0 atom stereocenters. The fraction of sp³-hybridized carbons (Fsp3) is 0.300. The summed E-state index contributed by atoms with van der Waals surface area (Å²) in [5.74, 6) is 0.222. The van der Waals surface area contributed by atoms with Crippen molar-refractivity contribution in [3.63, 3.8) is 0 Å². The largest absolute Gasteiger partial charge is 0.383 e. The lowest BCUT2D eigenvalue weighted by Crippen LogP contribution is -2.05.